The number of rotatable bonds is 10. The molecule has 31 heavy (non-hydrogen) atoms. The summed E-state index contributed by atoms with van der Waals surface area (Å²) in [4.78, 5) is 11.2. The average Bonchev–Trinajstić information content (AvgIpc) is 2.76. The van der Waals surface area contributed by atoms with Gasteiger partial charge in [0.15, 0.2) is 0 Å². The Morgan fingerprint density at radius 3 is 2.32 bits per heavy atom. The number of carbonyl (C=O) groups is 1. The topological polar surface area (TPSA) is 90.8 Å². The third kappa shape index (κ3) is 7.00. The van der Waals surface area contributed by atoms with E-state index in [4.69, 9.17) is 21.4 Å². The van der Waals surface area contributed by atoms with Crippen LogP contribution in [0.5, 0.6) is 11.5 Å². The maximum Gasteiger partial charge on any atom is 0.404 e. The average molecular weight is 441 g/mol. The molecular formula is C24H25ClN2O4. The Morgan fingerprint density at radius 2 is 1.65 bits per heavy atom. The standard InChI is InChI=1S/C24H25ClN2O4/c25-20-12-7-13-23(31-18-10-5-2-6-11-18)19(20)15-26-16-22(28)21(27-24(29)30)14-17-8-3-1-4-9-17/h1-13,21-22,26-28H,14-16H2,(H,29,30)/t21-,22+/m0/s1. The van der Waals surface area contributed by atoms with Crippen molar-refractivity contribution in [2.45, 2.75) is 25.1 Å². The second-order valence-corrected chi connectivity index (χ2v) is 7.48. The summed E-state index contributed by atoms with van der Waals surface area (Å²) in [6.07, 6.45) is -1.73. The molecule has 162 valence electrons. The fraction of sp³-hybridized carbons (Fsp3) is 0.208. The molecule has 0 aromatic heterocycles. The molecule has 0 aliphatic rings. The third-order valence-electron chi connectivity index (χ3n) is 4.77. The predicted molar refractivity (Wildman–Crippen MR) is 121 cm³/mol. The lowest BCUT2D eigenvalue weighted by Crippen LogP contribution is -2.48. The minimum absolute atomic E-state index is 0.174. The highest BCUT2D eigenvalue weighted by Crippen LogP contribution is 2.30. The molecule has 2 atom stereocenters. The third-order valence-corrected chi connectivity index (χ3v) is 5.13. The maximum atomic E-state index is 11.2. The van der Waals surface area contributed by atoms with Crippen LogP contribution in [0.1, 0.15) is 11.1 Å². The minimum Gasteiger partial charge on any atom is -0.465 e. The van der Waals surface area contributed by atoms with Crippen LogP contribution in [0.25, 0.3) is 0 Å². The van der Waals surface area contributed by atoms with E-state index in [0.29, 0.717) is 29.5 Å². The largest absolute Gasteiger partial charge is 0.465 e. The van der Waals surface area contributed by atoms with E-state index in [-0.39, 0.29) is 6.54 Å². The van der Waals surface area contributed by atoms with Crippen molar-refractivity contribution in [3.63, 3.8) is 0 Å². The van der Waals surface area contributed by atoms with Gasteiger partial charge >= 0.3 is 6.09 Å². The molecule has 4 N–H and O–H groups in total. The van der Waals surface area contributed by atoms with Crippen LogP contribution in [0.15, 0.2) is 78.9 Å². The van der Waals surface area contributed by atoms with Crippen LogP contribution < -0.4 is 15.4 Å². The van der Waals surface area contributed by atoms with Gasteiger partial charge in [0.1, 0.15) is 11.5 Å². The number of ether oxygens (including phenoxy) is 1. The van der Waals surface area contributed by atoms with Crippen molar-refractivity contribution in [2.75, 3.05) is 6.54 Å². The monoisotopic (exact) mass is 440 g/mol. The van der Waals surface area contributed by atoms with Crippen LogP contribution in [-0.2, 0) is 13.0 Å². The van der Waals surface area contributed by atoms with Gasteiger partial charge in [-0.2, -0.15) is 0 Å². The summed E-state index contributed by atoms with van der Waals surface area (Å²) >= 11 is 6.38. The highest BCUT2D eigenvalue weighted by molar-refractivity contribution is 6.31. The SMILES string of the molecule is O=C(O)N[C@@H](Cc1ccccc1)[C@H](O)CNCc1c(Cl)cccc1Oc1ccccc1. The molecule has 0 unspecified atom stereocenters. The molecule has 1 amide bonds. The second kappa shape index (κ2) is 11.4. The molecule has 0 saturated heterocycles. The highest BCUT2D eigenvalue weighted by atomic mass is 35.5. The van der Waals surface area contributed by atoms with E-state index in [0.717, 1.165) is 11.1 Å². The fourth-order valence-corrected chi connectivity index (χ4v) is 3.45. The second-order valence-electron chi connectivity index (χ2n) is 7.08. The molecule has 0 heterocycles. The van der Waals surface area contributed by atoms with E-state index in [1.807, 2.05) is 72.8 Å². The number of halogens is 1. The van der Waals surface area contributed by atoms with E-state index >= 15 is 0 Å². The summed E-state index contributed by atoms with van der Waals surface area (Å²) in [5.74, 6) is 1.31. The van der Waals surface area contributed by atoms with Gasteiger partial charge in [-0.25, -0.2) is 4.79 Å². The zero-order chi connectivity index (χ0) is 22.1. The highest BCUT2D eigenvalue weighted by Gasteiger charge is 2.21. The molecule has 0 radical (unpaired) electrons. The van der Waals surface area contributed by atoms with Crippen LogP contribution in [0, 0.1) is 0 Å². The molecule has 3 rings (SSSR count). The van der Waals surface area contributed by atoms with Gasteiger partial charge in [0.05, 0.1) is 12.1 Å². The summed E-state index contributed by atoms with van der Waals surface area (Å²) in [6, 6.07) is 23.6. The first kappa shape index (κ1) is 22.6. The molecule has 0 spiro atoms. The van der Waals surface area contributed by atoms with E-state index in [1.165, 1.54) is 0 Å². The number of benzene rings is 3. The van der Waals surface area contributed by atoms with E-state index in [1.54, 1.807) is 6.07 Å². The normalized spacial score (nSPS) is 12.7. The van der Waals surface area contributed by atoms with Gasteiger partial charge < -0.3 is 25.6 Å². The number of carboxylic acid groups (broad SMARTS) is 1. The summed E-state index contributed by atoms with van der Waals surface area (Å²) in [7, 11) is 0. The zero-order valence-electron chi connectivity index (χ0n) is 16.9. The van der Waals surface area contributed by atoms with E-state index in [2.05, 4.69) is 10.6 Å². The molecule has 7 heteroatoms. The van der Waals surface area contributed by atoms with Gasteiger partial charge in [-0.3, -0.25) is 0 Å². The van der Waals surface area contributed by atoms with E-state index in [9.17, 15) is 9.90 Å². The lowest BCUT2D eigenvalue weighted by molar-refractivity contribution is 0.117. The number of nitrogens with one attached hydrogen (secondary N) is 2. The smallest absolute Gasteiger partial charge is 0.404 e. The molecule has 6 nitrogen and oxygen atoms in total. The Kier molecular flexibility index (Phi) is 8.29. The number of aliphatic hydroxyl groups excluding tert-OH is 1. The van der Waals surface area contributed by atoms with Gasteiger partial charge in [-0.15, -0.1) is 0 Å². The zero-order valence-corrected chi connectivity index (χ0v) is 17.6. The van der Waals surface area contributed by atoms with Crippen molar-refractivity contribution in [3.05, 3.63) is 95.0 Å². The summed E-state index contributed by atoms with van der Waals surface area (Å²) < 4.78 is 5.95. The van der Waals surface area contributed by atoms with Crippen molar-refractivity contribution in [1.82, 2.24) is 10.6 Å². The Labute approximate surface area is 186 Å². The Hall–Kier alpha value is -3.06. The Bertz CT molecular complexity index is 970. The number of amides is 1. The summed E-state index contributed by atoms with van der Waals surface area (Å²) in [5.41, 5.74) is 1.69. The summed E-state index contributed by atoms with van der Waals surface area (Å²) in [5, 5.41) is 25.9. The van der Waals surface area contributed by atoms with Gasteiger partial charge in [-0.1, -0.05) is 66.2 Å². The summed E-state index contributed by atoms with van der Waals surface area (Å²) in [6.45, 7) is 0.526. The van der Waals surface area contributed by atoms with Crippen molar-refractivity contribution in [2.24, 2.45) is 0 Å². The van der Waals surface area contributed by atoms with Gasteiger partial charge in [-0.05, 0) is 36.2 Å². The Morgan fingerprint density at radius 1 is 0.968 bits per heavy atom. The lowest BCUT2D eigenvalue weighted by atomic mass is 10.0. The minimum atomic E-state index is -1.18. The first-order chi connectivity index (χ1) is 15.0. The van der Waals surface area contributed by atoms with Crippen LogP contribution >= 0.6 is 11.6 Å². The number of para-hydroxylation sites is 1. The van der Waals surface area contributed by atoms with Crippen molar-refractivity contribution >= 4 is 17.7 Å². The van der Waals surface area contributed by atoms with Crippen molar-refractivity contribution in [3.8, 4) is 11.5 Å². The number of hydrogen-bond acceptors (Lipinski definition) is 4. The number of hydrogen-bond donors (Lipinski definition) is 4. The van der Waals surface area contributed by atoms with Gasteiger partial charge in [0, 0.05) is 23.7 Å². The molecule has 0 fully saturated rings. The number of aliphatic hydroxyl groups is 1. The Balaban J connectivity index is 1.63. The quantitative estimate of drug-likeness (QED) is 0.373. The molecule has 0 saturated carbocycles. The van der Waals surface area contributed by atoms with Crippen molar-refractivity contribution < 1.29 is 19.7 Å². The van der Waals surface area contributed by atoms with Crippen LogP contribution in [0.4, 0.5) is 4.79 Å². The molecule has 0 bridgehead atoms. The van der Waals surface area contributed by atoms with Gasteiger partial charge in [0.25, 0.3) is 0 Å². The van der Waals surface area contributed by atoms with Gasteiger partial charge in [0.2, 0.25) is 0 Å². The van der Waals surface area contributed by atoms with Crippen LogP contribution in [-0.4, -0.2) is 35.0 Å². The maximum absolute atomic E-state index is 11.2. The van der Waals surface area contributed by atoms with E-state index < -0.39 is 18.2 Å². The first-order valence-corrected chi connectivity index (χ1v) is 10.3. The van der Waals surface area contributed by atoms with Crippen LogP contribution in [0.3, 0.4) is 0 Å². The molecule has 0 aliphatic heterocycles. The molecule has 3 aromatic carbocycles. The lowest BCUT2D eigenvalue weighted by Gasteiger charge is -2.24. The van der Waals surface area contributed by atoms with Crippen LogP contribution in [0.2, 0.25) is 5.02 Å². The molecule has 0 aliphatic carbocycles. The molecular weight excluding hydrogens is 416 g/mol. The predicted octanol–water partition coefficient (Wildman–Crippen LogP) is 4.46. The molecule has 3 aromatic rings. The fourth-order valence-electron chi connectivity index (χ4n) is 3.22. The van der Waals surface area contributed by atoms with Crippen molar-refractivity contribution in [1.29, 1.82) is 0 Å². The first-order valence-electron chi connectivity index (χ1n) is 9.95.